The number of unbranched alkanes of at least 4 members (excludes halogenated alkanes) is 1. The van der Waals surface area contributed by atoms with E-state index in [9.17, 15) is 19.5 Å². The van der Waals surface area contributed by atoms with Crippen molar-refractivity contribution in [1.82, 2.24) is 9.80 Å². The quantitative estimate of drug-likeness (QED) is 0.326. The minimum absolute atomic E-state index is 0.00184. The smallest absolute Gasteiger partial charge is 0.248 e. The highest BCUT2D eigenvalue weighted by molar-refractivity contribution is 6.03. The Labute approximate surface area is 243 Å². The van der Waals surface area contributed by atoms with Gasteiger partial charge in [0, 0.05) is 31.9 Å². The minimum atomic E-state index is -1.13. The fourth-order valence-electron chi connectivity index (χ4n) is 7.20. The molecule has 3 heterocycles. The van der Waals surface area contributed by atoms with E-state index < -0.39 is 29.1 Å². The summed E-state index contributed by atoms with van der Waals surface area (Å²) in [5.74, 6) is -1.63. The van der Waals surface area contributed by atoms with Gasteiger partial charge >= 0.3 is 0 Å². The molecule has 1 aromatic rings. The van der Waals surface area contributed by atoms with Gasteiger partial charge in [0.25, 0.3) is 0 Å². The third-order valence-electron chi connectivity index (χ3n) is 9.00. The molecular weight excluding hydrogens is 522 g/mol. The molecule has 3 saturated heterocycles. The predicted octanol–water partition coefficient (Wildman–Crippen LogP) is 3.57. The van der Waals surface area contributed by atoms with Crippen LogP contribution >= 0.6 is 0 Å². The number of rotatable bonds is 15. The summed E-state index contributed by atoms with van der Waals surface area (Å²) in [6, 6.07) is 6.39. The van der Waals surface area contributed by atoms with Gasteiger partial charge in [-0.2, -0.15) is 0 Å². The van der Waals surface area contributed by atoms with Gasteiger partial charge in [-0.05, 0) is 56.9 Å². The van der Waals surface area contributed by atoms with E-state index in [4.69, 9.17) is 9.47 Å². The minimum Gasteiger partial charge on any atom is -0.494 e. The summed E-state index contributed by atoms with van der Waals surface area (Å²) in [5.41, 5.74) is -1.33. The number of hydrogen-bond donors (Lipinski definition) is 1. The molecule has 224 valence electrons. The maximum Gasteiger partial charge on any atom is 0.248 e. The van der Waals surface area contributed by atoms with Crippen molar-refractivity contribution < 1.29 is 29.0 Å². The molecule has 3 fully saturated rings. The molecule has 0 aromatic heterocycles. The van der Waals surface area contributed by atoms with Crippen LogP contribution in [0.2, 0.25) is 0 Å². The van der Waals surface area contributed by atoms with Gasteiger partial charge in [-0.3, -0.25) is 14.4 Å². The van der Waals surface area contributed by atoms with Gasteiger partial charge in [-0.25, -0.2) is 0 Å². The first kappa shape index (κ1) is 30.8. The number of nitrogens with zero attached hydrogens (tertiary/aromatic N) is 3. The molecule has 41 heavy (non-hydrogen) atoms. The molecule has 3 amide bonds. The Morgan fingerprint density at radius 3 is 2.41 bits per heavy atom. The Bertz CT molecular complexity index is 1140. The van der Waals surface area contributed by atoms with Crippen LogP contribution in [0.5, 0.6) is 5.75 Å². The number of carbonyl (C=O) groups excluding carboxylic acids is 3. The first-order chi connectivity index (χ1) is 19.8. The topological polar surface area (TPSA) is 99.6 Å². The Morgan fingerprint density at radius 1 is 1.12 bits per heavy atom. The van der Waals surface area contributed by atoms with Gasteiger partial charge < -0.3 is 29.3 Å². The van der Waals surface area contributed by atoms with E-state index in [2.05, 4.69) is 20.1 Å². The normalized spacial score (nSPS) is 28.0. The standard InChI is InChI=1S/C32H45N3O6/c1-6-11-20-33(18-7-2)30(39)27-32-17-16-31(9-4,41-32)25(26(32)29(38)35(27)21-22-36)28(37)34(19-8-3)23-12-14-24(15-13-23)40-10-5/h7-8,12-15,25-27,36H,2-3,6,9-11,16-22H2,1,4-5H3/t25-,26+,27?,31+,32?/m1/s1. The molecule has 1 N–H and O–H groups in total. The third kappa shape index (κ3) is 5.18. The van der Waals surface area contributed by atoms with Crippen LogP contribution in [-0.4, -0.2) is 89.3 Å². The number of fused-ring (bicyclic) bond motifs is 1. The fraction of sp³-hybridized carbons (Fsp3) is 0.594. The number of hydrogen-bond acceptors (Lipinski definition) is 6. The average molecular weight is 568 g/mol. The van der Waals surface area contributed by atoms with Crippen LogP contribution in [0.15, 0.2) is 49.6 Å². The van der Waals surface area contributed by atoms with Gasteiger partial charge in [0.05, 0.1) is 30.7 Å². The Hall–Kier alpha value is -3.17. The molecule has 5 atom stereocenters. The lowest BCUT2D eigenvalue weighted by Gasteiger charge is -2.37. The number of anilines is 1. The second kappa shape index (κ2) is 12.8. The first-order valence-electron chi connectivity index (χ1n) is 14.9. The van der Waals surface area contributed by atoms with E-state index >= 15 is 0 Å². The Kier molecular flexibility index (Phi) is 9.59. The van der Waals surface area contributed by atoms with E-state index in [0.29, 0.717) is 50.4 Å². The summed E-state index contributed by atoms with van der Waals surface area (Å²) in [6.07, 6.45) is 6.69. The lowest BCUT2D eigenvalue weighted by atomic mass is 9.64. The van der Waals surface area contributed by atoms with Crippen LogP contribution in [0.1, 0.15) is 52.9 Å². The van der Waals surface area contributed by atoms with Crippen molar-refractivity contribution in [2.45, 2.75) is 70.1 Å². The number of carbonyl (C=O) groups is 3. The number of ether oxygens (including phenoxy) is 2. The molecule has 0 aliphatic carbocycles. The third-order valence-corrected chi connectivity index (χ3v) is 9.00. The number of β-amino-alcohol motifs (C(OH)–C–C–N with tert-alkyl or cyclic N) is 1. The molecule has 4 rings (SSSR count). The van der Waals surface area contributed by atoms with E-state index in [1.807, 2.05) is 38.1 Å². The maximum absolute atomic E-state index is 14.5. The van der Waals surface area contributed by atoms with Gasteiger partial charge in [0.2, 0.25) is 17.7 Å². The summed E-state index contributed by atoms with van der Waals surface area (Å²) in [6.45, 7) is 15.0. The summed E-state index contributed by atoms with van der Waals surface area (Å²) >= 11 is 0. The number of aliphatic hydroxyl groups excluding tert-OH is 1. The molecule has 2 unspecified atom stereocenters. The number of aliphatic hydroxyl groups is 1. The maximum atomic E-state index is 14.5. The van der Waals surface area contributed by atoms with Crippen molar-refractivity contribution >= 4 is 23.4 Å². The molecule has 3 aliphatic rings. The van der Waals surface area contributed by atoms with Crippen LogP contribution in [0, 0.1) is 11.8 Å². The SMILES string of the molecule is C=CCN(CCCC)C(=O)C1N(CCO)C(=O)[C@@H]2[C@H](C(=O)N(CC=C)c3ccc(OCC)cc3)[C@]3(CC)CCC12O3. The zero-order chi connectivity index (χ0) is 29.8. The van der Waals surface area contributed by atoms with Crippen molar-refractivity contribution in [3.63, 3.8) is 0 Å². The second-order valence-corrected chi connectivity index (χ2v) is 11.2. The zero-order valence-corrected chi connectivity index (χ0v) is 24.7. The highest BCUT2D eigenvalue weighted by atomic mass is 16.5. The van der Waals surface area contributed by atoms with Crippen molar-refractivity contribution in [1.29, 1.82) is 0 Å². The molecule has 3 aliphatic heterocycles. The number of likely N-dealkylation sites (tertiary alicyclic amines) is 1. The largest absolute Gasteiger partial charge is 0.494 e. The van der Waals surface area contributed by atoms with Crippen LogP contribution < -0.4 is 9.64 Å². The fourth-order valence-corrected chi connectivity index (χ4v) is 7.20. The van der Waals surface area contributed by atoms with Gasteiger partial charge in [0.15, 0.2) is 0 Å². The molecule has 2 bridgehead atoms. The predicted molar refractivity (Wildman–Crippen MR) is 157 cm³/mol. The van der Waals surface area contributed by atoms with E-state index in [1.165, 1.54) is 4.90 Å². The molecule has 0 saturated carbocycles. The Morgan fingerprint density at radius 2 is 1.83 bits per heavy atom. The van der Waals surface area contributed by atoms with Crippen LogP contribution in [0.25, 0.3) is 0 Å². The summed E-state index contributed by atoms with van der Waals surface area (Å²) in [5, 5.41) is 9.92. The van der Waals surface area contributed by atoms with Crippen molar-refractivity contribution in [2.75, 3.05) is 44.3 Å². The lowest BCUT2D eigenvalue weighted by molar-refractivity contribution is -0.153. The molecular formula is C32H45N3O6. The monoisotopic (exact) mass is 567 g/mol. The lowest BCUT2D eigenvalue weighted by Crippen LogP contribution is -2.56. The molecule has 9 heteroatoms. The summed E-state index contributed by atoms with van der Waals surface area (Å²) in [4.78, 5) is 47.8. The van der Waals surface area contributed by atoms with Crippen molar-refractivity contribution in [3.8, 4) is 5.75 Å². The molecule has 9 nitrogen and oxygen atoms in total. The first-order valence-corrected chi connectivity index (χ1v) is 14.9. The Balaban J connectivity index is 1.76. The van der Waals surface area contributed by atoms with Crippen molar-refractivity contribution in [3.05, 3.63) is 49.6 Å². The van der Waals surface area contributed by atoms with Crippen LogP contribution in [0.3, 0.4) is 0 Å². The summed E-state index contributed by atoms with van der Waals surface area (Å²) in [7, 11) is 0. The van der Waals surface area contributed by atoms with Crippen molar-refractivity contribution in [2.24, 2.45) is 11.8 Å². The van der Waals surface area contributed by atoms with Gasteiger partial charge in [0.1, 0.15) is 17.4 Å². The van der Waals surface area contributed by atoms with Gasteiger partial charge in [-0.15, -0.1) is 13.2 Å². The second-order valence-electron chi connectivity index (χ2n) is 11.2. The highest BCUT2D eigenvalue weighted by Gasteiger charge is 2.79. The van der Waals surface area contributed by atoms with Crippen LogP contribution in [0.4, 0.5) is 5.69 Å². The number of benzene rings is 1. The molecule has 1 spiro atoms. The van der Waals surface area contributed by atoms with E-state index in [-0.39, 0.29) is 37.4 Å². The summed E-state index contributed by atoms with van der Waals surface area (Å²) < 4.78 is 12.5. The zero-order valence-electron chi connectivity index (χ0n) is 24.7. The van der Waals surface area contributed by atoms with Crippen LogP contribution in [-0.2, 0) is 19.1 Å². The van der Waals surface area contributed by atoms with E-state index in [1.54, 1.807) is 22.0 Å². The average Bonchev–Trinajstić information content (AvgIpc) is 3.58. The molecule has 0 radical (unpaired) electrons. The molecule has 1 aromatic carbocycles. The number of amides is 3. The van der Waals surface area contributed by atoms with E-state index in [0.717, 1.165) is 12.8 Å². The van der Waals surface area contributed by atoms with Gasteiger partial charge in [-0.1, -0.05) is 32.4 Å². The highest BCUT2D eigenvalue weighted by Crippen LogP contribution is 2.64.